The van der Waals surface area contributed by atoms with Gasteiger partial charge in [0.05, 0.1) is 0 Å². The van der Waals surface area contributed by atoms with Crippen LogP contribution in [0, 0.1) is 0 Å². The van der Waals surface area contributed by atoms with Crippen LogP contribution >= 0.6 is 15.9 Å². The predicted octanol–water partition coefficient (Wildman–Crippen LogP) is 1.19. The molecule has 0 aromatic heterocycles. The van der Waals surface area contributed by atoms with Crippen molar-refractivity contribution in [3.05, 3.63) is 0 Å². The maximum Gasteiger partial charge on any atom is 0.320 e. The Labute approximate surface area is 54.8 Å². The summed E-state index contributed by atoms with van der Waals surface area (Å²) in [6.07, 6.45) is -1.34. The lowest BCUT2D eigenvalue weighted by Crippen LogP contribution is -2.21. The molecule has 0 fully saturated rings. The first-order valence-electron chi connectivity index (χ1n) is 2.06. The molecule has 1 N–H and O–H groups in total. The van der Waals surface area contributed by atoms with E-state index in [9.17, 15) is 9.18 Å². The van der Waals surface area contributed by atoms with Crippen LogP contribution in [0.15, 0.2) is 0 Å². The number of hydrogen-bond acceptors (Lipinski definition) is 1. The summed E-state index contributed by atoms with van der Waals surface area (Å²) in [7, 11) is 0. The number of halogens is 2. The molecule has 0 heterocycles. The van der Waals surface area contributed by atoms with Crippen molar-refractivity contribution < 1.29 is 14.3 Å². The van der Waals surface area contributed by atoms with Crippen molar-refractivity contribution in [2.45, 2.75) is 17.9 Å². The lowest BCUT2D eigenvalue weighted by atomic mass is 10.3. The van der Waals surface area contributed by atoms with Crippen molar-refractivity contribution in [2.75, 3.05) is 0 Å². The van der Waals surface area contributed by atoms with Crippen molar-refractivity contribution in [3.8, 4) is 0 Å². The van der Waals surface area contributed by atoms with Crippen LogP contribution in [0.4, 0.5) is 4.39 Å². The highest BCUT2D eigenvalue weighted by atomic mass is 79.9. The van der Waals surface area contributed by atoms with Gasteiger partial charge in [0.25, 0.3) is 0 Å². The van der Waals surface area contributed by atoms with Crippen molar-refractivity contribution in [2.24, 2.45) is 0 Å². The second-order valence-corrected chi connectivity index (χ2v) is 2.40. The van der Waals surface area contributed by atoms with E-state index in [0.29, 0.717) is 0 Å². The van der Waals surface area contributed by atoms with E-state index in [4.69, 9.17) is 5.11 Å². The quantitative estimate of drug-likeness (QED) is 0.656. The van der Waals surface area contributed by atoms with E-state index in [0.717, 1.165) is 0 Å². The SMILES string of the molecule is CC(F)C(Br)C(=O)O. The van der Waals surface area contributed by atoms with E-state index >= 15 is 0 Å². The summed E-state index contributed by atoms with van der Waals surface area (Å²) < 4.78 is 11.9. The Morgan fingerprint density at radius 3 is 2.25 bits per heavy atom. The molecule has 48 valence electrons. The Bertz CT molecular complexity index is 94.0. The number of alkyl halides is 2. The number of hydrogen-bond donors (Lipinski definition) is 1. The highest BCUT2D eigenvalue weighted by molar-refractivity contribution is 9.10. The van der Waals surface area contributed by atoms with Crippen LogP contribution in [-0.2, 0) is 4.79 Å². The molecule has 0 aromatic rings. The summed E-state index contributed by atoms with van der Waals surface area (Å²) in [4.78, 5) is 8.79. The molecule has 8 heavy (non-hydrogen) atoms. The molecule has 0 aromatic carbocycles. The van der Waals surface area contributed by atoms with Crippen LogP contribution in [0.5, 0.6) is 0 Å². The smallest absolute Gasteiger partial charge is 0.320 e. The fourth-order valence-corrected chi connectivity index (χ4v) is 0.196. The number of aliphatic carboxylic acids is 1. The van der Waals surface area contributed by atoms with E-state index in [1.54, 1.807) is 0 Å². The van der Waals surface area contributed by atoms with Crippen LogP contribution in [0.1, 0.15) is 6.92 Å². The number of carboxylic acids is 1. The van der Waals surface area contributed by atoms with Gasteiger partial charge in [0.1, 0.15) is 11.0 Å². The van der Waals surface area contributed by atoms with Crippen LogP contribution < -0.4 is 0 Å². The van der Waals surface area contributed by atoms with E-state index in [1.807, 2.05) is 0 Å². The molecule has 0 spiro atoms. The number of carbonyl (C=O) groups is 1. The molecule has 0 aliphatic heterocycles. The molecule has 2 nitrogen and oxygen atoms in total. The maximum atomic E-state index is 11.9. The van der Waals surface area contributed by atoms with E-state index in [-0.39, 0.29) is 0 Å². The van der Waals surface area contributed by atoms with Gasteiger partial charge in [-0.1, -0.05) is 15.9 Å². The molecule has 0 aliphatic rings. The van der Waals surface area contributed by atoms with Crippen LogP contribution in [0.2, 0.25) is 0 Å². The first kappa shape index (κ1) is 7.88. The Hall–Kier alpha value is -0.120. The zero-order valence-electron chi connectivity index (χ0n) is 4.27. The molecule has 2 atom stereocenters. The predicted molar refractivity (Wildman–Crippen MR) is 30.9 cm³/mol. The molecule has 0 bridgehead atoms. The van der Waals surface area contributed by atoms with Gasteiger partial charge in [-0.05, 0) is 6.92 Å². The summed E-state index contributed by atoms with van der Waals surface area (Å²) in [6, 6.07) is 0. The second kappa shape index (κ2) is 3.02. The molecule has 0 saturated heterocycles. The summed E-state index contributed by atoms with van der Waals surface area (Å²) in [5, 5.41) is 8.07. The zero-order valence-corrected chi connectivity index (χ0v) is 5.85. The van der Waals surface area contributed by atoms with Gasteiger partial charge in [-0.2, -0.15) is 0 Å². The highest BCUT2D eigenvalue weighted by Crippen LogP contribution is 2.07. The molecule has 4 heteroatoms. The van der Waals surface area contributed by atoms with Gasteiger partial charge < -0.3 is 5.11 Å². The van der Waals surface area contributed by atoms with E-state index < -0.39 is 17.0 Å². The van der Waals surface area contributed by atoms with Gasteiger partial charge in [-0.25, -0.2) is 4.39 Å². The first-order chi connectivity index (χ1) is 3.55. The van der Waals surface area contributed by atoms with Gasteiger partial charge in [0.15, 0.2) is 0 Å². The largest absolute Gasteiger partial charge is 0.480 e. The second-order valence-electron chi connectivity index (χ2n) is 1.42. The first-order valence-corrected chi connectivity index (χ1v) is 2.98. The minimum Gasteiger partial charge on any atom is -0.480 e. The minimum absolute atomic E-state index is 1.07. The lowest BCUT2D eigenvalue weighted by Gasteiger charge is -2.02. The van der Waals surface area contributed by atoms with Crippen LogP contribution in [0.3, 0.4) is 0 Å². The fourth-order valence-electron chi connectivity index (χ4n) is 0.196. The molecular formula is C4H6BrFO2. The molecule has 2 unspecified atom stereocenters. The maximum absolute atomic E-state index is 11.9. The van der Waals surface area contributed by atoms with Gasteiger partial charge >= 0.3 is 5.97 Å². The average molecular weight is 185 g/mol. The van der Waals surface area contributed by atoms with E-state index in [1.165, 1.54) is 6.92 Å². The molecule has 0 saturated carbocycles. The Morgan fingerprint density at radius 2 is 2.25 bits per heavy atom. The monoisotopic (exact) mass is 184 g/mol. The van der Waals surface area contributed by atoms with Crippen molar-refractivity contribution >= 4 is 21.9 Å². The number of carboxylic acid groups (broad SMARTS) is 1. The van der Waals surface area contributed by atoms with Gasteiger partial charge in [0, 0.05) is 0 Å². The normalized spacial score (nSPS) is 17.4. The summed E-state index contributed by atoms with van der Waals surface area (Å²) >= 11 is 2.63. The van der Waals surface area contributed by atoms with Crippen molar-refractivity contribution in [1.82, 2.24) is 0 Å². The average Bonchev–Trinajstić information content (AvgIpc) is 1.64. The zero-order chi connectivity index (χ0) is 6.73. The summed E-state index contributed by atoms with van der Waals surface area (Å²) in [5.41, 5.74) is 0. The van der Waals surface area contributed by atoms with Crippen LogP contribution in [-0.4, -0.2) is 22.1 Å². The van der Waals surface area contributed by atoms with E-state index in [2.05, 4.69) is 15.9 Å². The molecular weight excluding hydrogens is 179 g/mol. The third kappa shape index (κ3) is 2.26. The number of rotatable bonds is 2. The van der Waals surface area contributed by atoms with Crippen molar-refractivity contribution in [1.29, 1.82) is 0 Å². The standard InChI is InChI=1S/C4H6BrFO2/c1-2(6)3(5)4(7)8/h2-3H,1H3,(H,7,8). The van der Waals surface area contributed by atoms with Crippen molar-refractivity contribution in [3.63, 3.8) is 0 Å². The lowest BCUT2D eigenvalue weighted by molar-refractivity contribution is -0.137. The molecule has 0 radical (unpaired) electrons. The Kier molecular flexibility index (Phi) is 2.97. The minimum atomic E-state index is -1.34. The topological polar surface area (TPSA) is 37.3 Å². The third-order valence-corrected chi connectivity index (χ3v) is 1.76. The van der Waals surface area contributed by atoms with Gasteiger partial charge in [-0.3, -0.25) is 4.79 Å². The highest BCUT2D eigenvalue weighted by Gasteiger charge is 2.19. The summed E-state index contributed by atoms with van der Waals surface area (Å²) in [6.45, 7) is 1.19. The van der Waals surface area contributed by atoms with Crippen LogP contribution in [0.25, 0.3) is 0 Å². The van der Waals surface area contributed by atoms with Gasteiger partial charge in [0.2, 0.25) is 0 Å². The molecule has 0 amide bonds. The molecule has 0 rings (SSSR count). The Morgan fingerprint density at radius 1 is 1.88 bits per heavy atom. The fraction of sp³-hybridized carbons (Fsp3) is 0.750. The molecule has 0 aliphatic carbocycles. The van der Waals surface area contributed by atoms with Gasteiger partial charge in [-0.15, -0.1) is 0 Å². The third-order valence-electron chi connectivity index (χ3n) is 0.639. The Balaban J connectivity index is 3.64. The summed E-state index contributed by atoms with van der Waals surface area (Å²) in [5.74, 6) is -1.17.